The molecule has 2 aromatic heterocycles. The van der Waals surface area contributed by atoms with Gasteiger partial charge < -0.3 is 15.2 Å². The van der Waals surface area contributed by atoms with Gasteiger partial charge in [0.2, 0.25) is 0 Å². The van der Waals surface area contributed by atoms with Crippen LogP contribution in [0.15, 0.2) is 48.9 Å². The lowest BCUT2D eigenvalue weighted by atomic mass is 9.77. The van der Waals surface area contributed by atoms with E-state index in [1.165, 1.54) is 12.0 Å². The van der Waals surface area contributed by atoms with Gasteiger partial charge in [0.05, 0.1) is 5.39 Å². The van der Waals surface area contributed by atoms with Gasteiger partial charge in [-0.1, -0.05) is 30.3 Å². The molecule has 5 heteroatoms. The average molecular weight is 347 g/mol. The van der Waals surface area contributed by atoms with Gasteiger partial charge in [-0.3, -0.25) is 0 Å². The van der Waals surface area contributed by atoms with Crippen molar-refractivity contribution in [2.75, 3.05) is 18.0 Å². The molecule has 3 aromatic rings. The summed E-state index contributed by atoms with van der Waals surface area (Å²) in [7, 11) is 0. The number of H-pyrrole nitrogens is 1. The van der Waals surface area contributed by atoms with E-state index < -0.39 is 0 Å². The van der Waals surface area contributed by atoms with Crippen LogP contribution in [0, 0.1) is 11.8 Å². The lowest BCUT2D eigenvalue weighted by molar-refractivity contribution is 0.204. The zero-order valence-electron chi connectivity index (χ0n) is 15.1. The summed E-state index contributed by atoms with van der Waals surface area (Å²) in [4.78, 5) is 14.8. The van der Waals surface area contributed by atoms with Crippen LogP contribution in [-0.2, 0) is 6.42 Å². The van der Waals surface area contributed by atoms with Crippen molar-refractivity contribution in [3.05, 3.63) is 54.5 Å². The lowest BCUT2D eigenvalue weighted by Crippen LogP contribution is -2.56. The number of piperidine rings is 1. The van der Waals surface area contributed by atoms with E-state index in [2.05, 4.69) is 68.5 Å². The second kappa shape index (κ2) is 6.40. The molecule has 0 spiro atoms. The first-order valence-corrected chi connectivity index (χ1v) is 9.63. The average Bonchev–Trinajstić information content (AvgIpc) is 3.32. The third-order valence-electron chi connectivity index (χ3n) is 6.27. The predicted octanol–water partition coefficient (Wildman–Crippen LogP) is 3.00. The van der Waals surface area contributed by atoms with Crippen molar-refractivity contribution in [3.8, 4) is 0 Å². The molecule has 26 heavy (non-hydrogen) atoms. The van der Waals surface area contributed by atoms with Gasteiger partial charge in [-0.15, -0.1) is 0 Å². The van der Waals surface area contributed by atoms with E-state index in [0.29, 0.717) is 23.9 Å². The molecule has 5 nitrogen and oxygen atoms in total. The summed E-state index contributed by atoms with van der Waals surface area (Å²) in [6, 6.07) is 14.0. The van der Waals surface area contributed by atoms with E-state index in [0.717, 1.165) is 36.4 Å². The second-order valence-corrected chi connectivity index (χ2v) is 7.72. The number of aromatic nitrogens is 3. The Bertz CT molecular complexity index is 890. The fourth-order valence-corrected chi connectivity index (χ4v) is 5.08. The van der Waals surface area contributed by atoms with Crippen LogP contribution in [0.3, 0.4) is 0 Å². The molecule has 0 radical (unpaired) electrons. The van der Waals surface area contributed by atoms with Crippen molar-refractivity contribution >= 4 is 16.9 Å². The number of aromatic amines is 1. The smallest absolute Gasteiger partial charge is 0.142 e. The van der Waals surface area contributed by atoms with Gasteiger partial charge in [-0.05, 0) is 49.8 Å². The minimum absolute atomic E-state index is 0.471. The first kappa shape index (κ1) is 15.8. The number of rotatable bonds is 3. The van der Waals surface area contributed by atoms with Crippen LogP contribution in [0.5, 0.6) is 0 Å². The summed E-state index contributed by atoms with van der Waals surface area (Å²) in [5.41, 5.74) is 2.37. The fourth-order valence-electron chi connectivity index (χ4n) is 5.08. The molecule has 1 aromatic carbocycles. The van der Waals surface area contributed by atoms with Crippen molar-refractivity contribution in [1.29, 1.82) is 0 Å². The van der Waals surface area contributed by atoms with Crippen LogP contribution in [0.2, 0.25) is 0 Å². The minimum Gasteiger partial charge on any atom is -0.351 e. The van der Waals surface area contributed by atoms with E-state index in [9.17, 15) is 0 Å². The first-order chi connectivity index (χ1) is 12.8. The zero-order chi connectivity index (χ0) is 17.5. The van der Waals surface area contributed by atoms with E-state index >= 15 is 0 Å². The highest BCUT2D eigenvalue weighted by Crippen LogP contribution is 2.40. The van der Waals surface area contributed by atoms with Gasteiger partial charge in [-0.25, -0.2) is 9.97 Å². The molecule has 2 aliphatic rings. The van der Waals surface area contributed by atoms with Crippen molar-refractivity contribution in [3.63, 3.8) is 0 Å². The molecule has 2 aliphatic heterocycles. The standard InChI is InChI=1S/C21H25N5/c1-14-19-17(16(12-23-14)11-15-5-3-2-4-6-15)8-10-26(19)21-18-7-9-22-20(18)24-13-25-21/h2-7,9,13-14,16-17,19,23H,8,10-12H2,1H3,(H,22,24,25). The summed E-state index contributed by atoms with van der Waals surface area (Å²) >= 11 is 0. The summed E-state index contributed by atoms with van der Waals surface area (Å²) < 4.78 is 0. The molecule has 0 amide bonds. The molecule has 0 bridgehead atoms. The Labute approximate surface area is 153 Å². The van der Waals surface area contributed by atoms with E-state index in [1.807, 2.05) is 6.20 Å². The number of anilines is 1. The normalized spacial score (nSPS) is 28.4. The topological polar surface area (TPSA) is 56.8 Å². The van der Waals surface area contributed by atoms with Gasteiger partial charge in [0.25, 0.3) is 0 Å². The first-order valence-electron chi connectivity index (χ1n) is 9.63. The Morgan fingerprint density at radius 1 is 1.15 bits per heavy atom. The number of hydrogen-bond acceptors (Lipinski definition) is 4. The monoisotopic (exact) mass is 347 g/mol. The van der Waals surface area contributed by atoms with Crippen LogP contribution in [0.1, 0.15) is 18.9 Å². The SMILES string of the molecule is CC1NCC(Cc2ccccc2)C2CCN(c3ncnc4[nH]ccc34)C12. The second-order valence-electron chi connectivity index (χ2n) is 7.72. The molecular weight excluding hydrogens is 322 g/mol. The Hall–Kier alpha value is -2.40. The molecule has 5 rings (SSSR count). The van der Waals surface area contributed by atoms with E-state index in [4.69, 9.17) is 0 Å². The lowest BCUT2D eigenvalue weighted by Gasteiger charge is -2.42. The third kappa shape index (κ3) is 2.58. The maximum absolute atomic E-state index is 4.66. The molecule has 4 heterocycles. The minimum atomic E-state index is 0.471. The molecule has 4 unspecified atom stereocenters. The number of hydrogen-bond donors (Lipinski definition) is 2. The van der Waals surface area contributed by atoms with Crippen molar-refractivity contribution in [2.45, 2.75) is 31.8 Å². The molecule has 2 N–H and O–H groups in total. The Kier molecular flexibility index (Phi) is 3.89. The van der Waals surface area contributed by atoms with E-state index in [-0.39, 0.29) is 0 Å². The molecule has 2 saturated heterocycles. The predicted molar refractivity (Wildman–Crippen MR) is 104 cm³/mol. The van der Waals surface area contributed by atoms with Gasteiger partial charge in [-0.2, -0.15) is 0 Å². The van der Waals surface area contributed by atoms with Crippen LogP contribution >= 0.6 is 0 Å². The van der Waals surface area contributed by atoms with Gasteiger partial charge in [0.15, 0.2) is 0 Å². The highest BCUT2D eigenvalue weighted by molar-refractivity contribution is 5.87. The van der Waals surface area contributed by atoms with Crippen molar-refractivity contribution < 1.29 is 0 Å². The molecule has 4 atom stereocenters. The van der Waals surface area contributed by atoms with Gasteiger partial charge in [0, 0.05) is 24.8 Å². The Morgan fingerprint density at radius 2 is 2.04 bits per heavy atom. The summed E-state index contributed by atoms with van der Waals surface area (Å²) in [5.74, 6) is 2.46. The maximum Gasteiger partial charge on any atom is 0.142 e. The summed E-state index contributed by atoms with van der Waals surface area (Å²) in [5, 5.41) is 4.90. The molecular formula is C21H25N5. The van der Waals surface area contributed by atoms with Crippen LogP contribution < -0.4 is 10.2 Å². The molecule has 0 saturated carbocycles. The largest absolute Gasteiger partial charge is 0.351 e. The summed E-state index contributed by atoms with van der Waals surface area (Å²) in [6.07, 6.45) is 6.03. The summed E-state index contributed by atoms with van der Waals surface area (Å²) in [6.45, 7) is 4.50. The maximum atomic E-state index is 4.66. The molecule has 134 valence electrons. The van der Waals surface area contributed by atoms with Crippen LogP contribution in [0.25, 0.3) is 11.0 Å². The van der Waals surface area contributed by atoms with Crippen LogP contribution in [0.4, 0.5) is 5.82 Å². The number of fused-ring (bicyclic) bond motifs is 2. The highest BCUT2D eigenvalue weighted by Gasteiger charge is 2.45. The zero-order valence-corrected chi connectivity index (χ0v) is 15.1. The van der Waals surface area contributed by atoms with Crippen LogP contribution in [-0.4, -0.2) is 40.1 Å². The van der Waals surface area contributed by atoms with Crippen molar-refractivity contribution in [1.82, 2.24) is 20.3 Å². The molecule has 2 fully saturated rings. The van der Waals surface area contributed by atoms with Crippen molar-refractivity contribution in [2.24, 2.45) is 11.8 Å². The van der Waals surface area contributed by atoms with E-state index in [1.54, 1.807) is 6.33 Å². The fraction of sp³-hybridized carbons (Fsp3) is 0.429. The highest BCUT2D eigenvalue weighted by atomic mass is 15.3. The quantitative estimate of drug-likeness (QED) is 0.765. The Balaban J connectivity index is 1.45. The van der Waals surface area contributed by atoms with Gasteiger partial charge in [0.1, 0.15) is 17.8 Å². The Morgan fingerprint density at radius 3 is 2.92 bits per heavy atom. The molecule has 0 aliphatic carbocycles. The number of benzene rings is 1. The third-order valence-corrected chi connectivity index (χ3v) is 6.27. The number of nitrogens with one attached hydrogen (secondary N) is 2. The van der Waals surface area contributed by atoms with Gasteiger partial charge >= 0.3 is 0 Å². The number of nitrogens with zero attached hydrogens (tertiary/aromatic N) is 3.